The van der Waals surface area contributed by atoms with E-state index in [1.54, 1.807) is 0 Å². The highest BCUT2D eigenvalue weighted by Crippen LogP contribution is 2.37. The molecule has 2 aliphatic rings. The third-order valence-electron chi connectivity index (χ3n) is 2.98. The Hall–Kier alpha value is -1.26. The summed E-state index contributed by atoms with van der Waals surface area (Å²) in [7, 11) is -4.71. The second kappa shape index (κ2) is 5.85. The minimum atomic E-state index is -4.71. The molecule has 0 aromatic rings. The van der Waals surface area contributed by atoms with Crippen LogP contribution in [-0.2, 0) is 18.6 Å². The molecule has 0 radical (unpaired) electrons. The zero-order chi connectivity index (χ0) is 15.8. The number of hydrogen-bond donors (Lipinski definition) is 5. The van der Waals surface area contributed by atoms with Crippen molar-refractivity contribution in [2.24, 2.45) is 0 Å². The number of phosphoric acid groups is 1. The quantitative estimate of drug-likeness (QED) is 0.369. The zero-order valence-corrected chi connectivity index (χ0v) is 11.6. The van der Waals surface area contributed by atoms with E-state index < -0.39 is 44.9 Å². The fourth-order valence-corrected chi connectivity index (χ4v) is 2.33. The fourth-order valence-electron chi connectivity index (χ4n) is 1.99. The highest BCUT2D eigenvalue weighted by Gasteiger charge is 2.46. The summed E-state index contributed by atoms with van der Waals surface area (Å²) in [5.41, 5.74) is 0. The first-order valence-electron chi connectivity index (χ1n) is 5.87. The Balaban J connectivity index is 2.06. The van der Waals surface area contributed by atoms with Crippen LogP contribution in [0.15, 0.2) is 24.7 Å². The predicted octanol–water partition coefficient (Wildman–Crippen LogP) is -2.04. The third kappa shape index (κ3) is 3.69. The van der Waals surface area contributed by atoms with Crippen molar-refractivity contribution in [1.82, 2.24) is 10.2 Å². The van der Waals surface area contributed by atoms with Gasteiger partial charge in [-0.15, -0.1) is 0 Å². The number of aliphatic hydroxyl groups is 2. The van der Waals surface area contributed by atoms with Gasteiger partial charge in [0.05, 0.1) is 6.61 Å². The van der Waals surface area contributed by atoms with E-state index in [1.165, 1.54) is 17.2 Å². The molecule has 0 aromatic carbocycles. The van der Waals surface area contributed by atoms with Crippen molar-refractivity contribution in [3.05, 3.63) is 24.7 Å². The number of ether oxygens (including phenoxy) is 1. The van der Waals surface area contributed by atoms with Crippen molar-refractivity contribution in [3.63, 3.8) is 0 Å². The van der Waals surface area contributed by atoms with E-state index in [4.69, 9.17) is 14.5 Å². The number of amides is 1. The number of aliphatic hydroxyl groups excluding tert-OH is 2. The van der Waals surface area contributed by atoms with Gasteiger partial charge in [0.25, 0.3) is 5.91 Å². The van der Waals surface area contributed by atoms with Crippen molar-refractivity contribution in [1.29, 1.82) is 0 Å². The van der Waals surface area contributed by atoms with Gasteiger partial charge in [-0.2, -0.15) is 0 Å². The number of nitrogens with zero attached hydrogens (tertiary/aromatic N) is 1. The number of rotatable bonds is 4. The van der Waals surface area contributed by atoms with E-state index in [2.05, 4.69) is 16.4 Å². The molecular weight excluding hydrogens is 307 g/mol. The maximum absolute atomic E-state index is 11.1. The van der Waals surface area contributed by atoms with Crippen LogP contribution >= 0.6 is 7.82 Å². The lowest BCUT2D eigenvalue weighted by Crippen LogP contribution is -2.46. The van der Waals surface area contributed by atoms with Gasteiger partial charge in [0, 0.05) is 12.3 Å². The number of carbonyl (C=O) groups excluding carboxylic acids is 1. The fraction of sp³-hybridized carbons (Fsp3) is 0.500. The van der Waals surface area contributed by atoms with Crippen LogP contribution < -0.4 is 5.32 Å². The van der Waals surface area contributed by atoms with Crippen LogP contribution in [0.1, 0.15) is 0 Å². The predicted molar refractivity (Wildman–Crippen MR) is 66.9 cm³/mol. The third-order valence-corrected chi connectivity index (χ3v) is 3.47. The first-order valence-corrected chi connectivity index (χ1v) is 7.40. The van der Waals surface area contributed by atoms with Crippen LogP contribution in [0.25, 0.3) is 0 Å². The molecule has 2 heterocycles. The van der Waals surface area contributed by atoms with Gasteiger partial charge < -0.3 is 35.0 Å². The summed E-state index contributed by atoms with van der Waals surface area (Å²) in [6.45, 7) is 2.97. The molecule has 2 aliphatic heterocycles. The molecule has 4 atom stereocenters. The molecule has 2 rings (SSSR count). The molecule has 0 saturated carbocycles. The molecule has 5 N–H and O–H groups in total. The van der Waals surface area contributed by atoms with Gasteiger partial charge >= 0.3 is 7.82 Å². The van der Waals surface area contributed by atoms with Crippen LogP contribution in [0.3, 0.4) is 0 Å². The van der Waals surface area contributed by atoms with Gasteiger partial charge in [-0.25, -0.2) is 4.57 Å². The smallest absolute Gasteiger partial charge is 0.387 e. The van der Waals surface area contributed by atoms with Crippen molar-refractivity contribution in [2.75, 3.05) is 6.61 Å². The molecule has 1 saturated heterocycles. The Morgan fingerprint density at radius 2 is 2.10 bits per heavy atom. The molecule has 0 bridgehead atoms. The Kier molecular flexibility index (Phi) is 4.49. The van der Waals surface area contributed by atoms with Gasteiger partial charge in [-0.3, -0.25) is 9.32 Å². The normalized spacial score (nSPS) is 33.4. The van der Waals surface area contributed by atoms with Gasteiger partial charge in [0.2, 0.25) is 0 Å². The maximum Gasteiger partial charge on any atom is 0.469 e. The van der Waals surface area contributed by atoms with Crippen LogP contribution in [-0.4, -0.2) is 62.0 Å². The van der Waals surface area contributed by atoms with Gasteiger partial charge in [-0.05, 0) is 0 Å². The molecule has 1 amide bonds. The van der Waals surface area contributed by atoms with Crippen LogP contribution in [0.4, 0.5) is 0 Å². The lowest BCUT2D eigenvalue weighted by molar-refractivity contribution is -0.118. The summed E-state index contributed by atoms with van der Waals surface area (Å²) < 4.78 is 20.2. The molecule has 10 nitrogen and oxygen atoms in total. The SMILES string of the molecule is C=C1NC(=O)C=CN1[C@@H]1OC(COP(=O)(O)O)[C@@H](O)[C@H]1O. The first-order chi connectivity index (χ1) is 9.69. The molecule has 21 heavy (non-hydrogen) atoms. The lowest BCUT2D eigenvalue weighted by Gasteiger charge is -2.32. The number of hydrogen-bond acceptors (Lipinski definition) is 7. The average Bonchev–Trinajstić information content (AvgIpc) is 2.64. The average molecular weight is 322 g/mol. The van der Waals surface area contributed by atoms with E-state index in [0.29, 0.717) is 0 Å². The van der Waals surface area contributed by atoms with E-state index in [0.717, 1.165) is 0 Å². The zero-order valence-electron chi connectivity index (χ0n) is 10.7. The summed E-state index contributed by atoms with van der Waals surface area (Å²) >= 11 is 0. The van der Waals surface area contributed by atoms with Gasteiger partial charge in [-0.1, -0.05) is 6.58 Å². The Bertz CT molecular complexity index is 517. The monoisotopic (exact) mass is 322 g/mol. The van der Waals surface area contributed by atoms with Crippen LogP contribution in [0.5, 0.6) is 0 Å². The maximum atomic E-state index is 11.1. The van der Waals surface area contributed by atoms with Gasteiger partial charge in [0.15, 0.2) is 6.23 Å². The van der Waals surface area contributed by atoms with Crippen LogP contribution in [0.2, 0.25) is 0 Å². The minimum absolute atomic E-state index is 0.135. The molecule has 0 aromatic heterocycles. The topological polar surface area (TPSA) is 149 Å². The summed E-state index contributed by atoms with van der Waals surface area (Å²) in [5, 5.41) is 22.1. The second-order valence-corrected chi connectivity index (χ2v) is 5.73. The summed E-state index contributed by atoms with van der Waals surface area (Å²) in [6, 6.07) is 0. The van der Waals surface area contributed by atoms with Crippen molar-refractivity contribution in [3.8, 4) is 0 Å². The Morgan fingerprint density at radius 1 is 1.43 bits per heavy atom. The number of carbonyl (C=O) groups is 1. The highest BCUT2D eigenvalue weighted by molar-refractivity contribution is 7.46. The van der Waals surface area contributed by atoms with Crippen molar-refractivity contribution < 1.29 is 38.6 Å². The summed E-state index contributed by atoms with van der Waals surface area (Å²) in [6.07, 6.45) is -2.52. The van der Waals surface area contributed by atoms with Crippen LogP contribution in [0, 0.1) is 0 Å². The largest absolute Gasteiger partial charge is 0.469 e. The molecule has 118 valence electrons. The molecule has 0 spiro atoms. The lowest BCUT2D eigenvalue weighted by atomic mass is 10.1. The summed E-state index contributed by atoms with van der Waals surface area (Å²) in [5.74, 6) is -0.263. The van der Waals surface area contributed by atoms with Gasteiger partial charge in [0.1, 0.15) is 24.1 Å². The highest BCUT2D eigenvalue weighted by atomic mass is 31.2. The van der Waals surface area contributed by atoms with Crippen molar-refractivity contribution >= 4 is 13.7 Å². The van der Waals surface area contributed by atoms with E-state index >= 15 is 0 Å². The first kappa shape index (κ1) is 16.1. The molecule has 1 fully saturated rings. The molecule has 11 heteroatoms. The number of nitrogens with one attached hydrogen (secondary N) is 1. The Labute approximate surface area is 119 Å². The molecular formula is C10H15N2O8P. The molecule has 1 unspecified atom stereocenters. The number of phosphoric ester groups is 1. The van der Waals surface area contributed by atoms with E-state index in [1.807, 2.05) is 0 Å². The standard InChI is InChI=1S/C10H15N2O8P/c1-5-11-7(13)2-3-12(5)10-9(15)8(14)6(20-10)4-19-21(16,17)18/h2-3,6,8-10,14-15H,1,4H2,(H,11,13)(H2,16,17,18)/t6?,8-,9-,10-/m1/s1. The van der Waals surface area contributed by atoms with Crippen molar-refractivity contribution in [2.45, 2.75) is 24.5 Å². The van der Waals surface area contributed by atoms with E-state index in [9.17, 15) is 19.6 Å². The summed E-state index contributed by atoms with van der Waals surface area (Å²) in [4.78, 5) is 29.6. The second-order valence-electron chi connectivity index (χ2n) is 4.49. The van der Waals surface area contributed by atoms with E-state index in [-0.39, 0.29) is 5.82 Å². The Morgan fingerprint density at radius 3 is 2.67 bits per heavy atom. The minimum Gasteiger partial charge on any atom is -0.387 e. The molecule has 0 aliphatic carbocycles.